The quantitative estimate of drug-likeness (QED) is 0.900. The largest absolute Gasteiger partial charge is 0.326 e. The lowest BCUT2D eigenvalue weighted by molar-refractivity contribution is -0.122. The van der Waals surface area contributed by atoms with Crippen molar-refractivity contribution in [2.24, 2.45) is 5.92 Å². The van der Waals surface area contributed by atoms with Crippen LogP contribution >= 0.6 is 0 Å². The molecule has 1 saturated heterocycles. The van der Waals surface area contributed by atoms with Crippen LogP contribution in [0.4, 0.5) is 11.4 Å². The summed E-state index contributed by atoms with van der Waals surface area (Å²) in [5.74, 6) is -0.390. The maximum absolute atomic E-state index is 12.7. The van der Waals surface area contributed by atoms with Crippen LogP contribution in [-0.4, -0.2) is 18.4 Å². The minimum atomic E-state index is -0.326. The van der Waals surface area contributed by atoms with Crippen LogP contribution in [0.1, 0.15) is 35.6 Å². The molecule has 0 bridgehead atoms. The van der Waals surface area contributed by atoms with Crippen molar-refractivity contribution in [3.8, 4) is 0 Å². The first-order valence-electron chi connectivity index (χ1n) is 9.17. The first kappa shape index (κ1) is 18.2. The molecule has 2 aromatic carbocycles. The van der Waals surface area contributed by atoms with Crippen LogP contribution in [0.25, 0.3) is 0 Å². The number of hydrogen-bond donors (Lipinski definition) is 1. The highest BCUT2D eigenvalue weighted by Crippen LogP contribution is 2.32. The first-order chi connectivity index (χ1) is 12.4. The van der Waals surface area contributed by atoms with Crippen LogP contribution in [0.15, 0.2) is 36.4 Å². The monoisotopic (exact) mass is 350 g/mol. The van der Waals surface area contributed by atoms with E-state index in [0.717, 1.165) is 34.5 Å². The number of carbonyl (C=O) groups excluding carboxylic acids is 2. The van der Waals surface area contributed by atoms with Crippen molar-refractivity contribution < 1.29 is 9.59 Å². The highest BCUT2D eigenvalue weighted by atomic mass is 16.2. The number of para-hydroxylation sites is 1. The number of carbonyl (C=O) groups is 2. The van der Waals surface area contributed by atoms with E-state index in [2.05, 4.69) is 18.3 Å². The molecule has 26 heavy (non-hydrogen) atoms. The molecule has 2 amide bonds. The van der Waals surface area contributed by atoms with E-state index < -0.39 is 0 Å². The van der Waals surface area contributed by atoms with E-state index in [1.165, 1.54) is 5.56 Å². The van der Waals surface area contributed by atoms with Gasteiger partial charge in [0.15, 0.2) is 0 Å². The van der Waals surface area contributed by atoms with Gasteiger partial charge in [0.1, 0.15) is 0 Å². The summed E-state index contributed by atoms with van der Waals surface area (Å²) in [7, 11) is 0. The Hall–Kier alpha value is -2.62. The van der Waals surface area contributed by atoms with Crippen molar-refractivity contribution in [3.05, 3.63) is 58.7 Å². The number of rotatable bonds is 4. The lowest BCUT2D eigenvalue weighted by Gasteiger charge is -2.22. The molecular weight excluding hydrogens is 324 g/mol. The van der Waals surface area contributed by atoms with Crippen molar-refractivity contribution in [1.82, 2.24) is 0 Å². The molecular formula is C22H26N2O2. The van der Waals surface area contributed by atoms with Gasteiger partial charge in [-0.25, -0.2) is 0 Å². The Balaban J connectivity index is 1.77. The van der Waals surface area contributed by atoms with Crippen molar-refractivity contribution in [1.29, 1.82) is 0 Å². The minimum absolute atomic E-state index is 0.0224. The molecule has 4 heteroatoms. The highest BCUT2D eigenvalue weighted by molar-refractivity contribution is 6.04. The Labute approximate surface area is 155 Å². The maximum atomic E-state index is 12.7. The zero-order chi connectivity index (χ0) is 18.8. The van der Waals surface area contributed by atoms with E-state index in [1.54, 1.807) is 4.90 Å². The molecule has 1 N–H and O–H groups in total. The topological polar surface area (TPSA) is 49.4 Å². The fourth-order valence-corrected chi connectivity index (χ4v) is 3.55. The van der Waals surface area contributed by atoms with Gasteiger partial charge in [-0.05, 0) is 61.6 Å². The maximum Gasteiger partial charge on any atom is 0.229 e. The number of nitrogens with zero attached hydrogens (tertiary/aromatic N) is 1. The third-order valence-electron chi connectivity index (χ3n) is 5.24. The Morgan fingerprint density at radius 3 is 2.58 bits per heavy atom. The fourth-order valence-electron chi connectivity index (χ4n) is 3.55. The van der Waals surface area contributed by atoms with E-state index in [-0.39, 0.29) is 24.2 Å². The molecule has 136 valence electrons. The Morgan fingerprint density at radius 2 is 1.88 bits per heavy atom. The molecule has 3 rings (SSSR count). The SMILES string of the molecule is CCc1cccc(C)c1N1CC(C(=O)Nc2ccc(C)c(C)c2)CC1=O. The Bertz CT molecular complexity index is 857. The number of benzene rings is 2. The molecule has 1 atom stereocenters. The lowest BCUT2D eigenvalue weighted by atomic mass is 10.0. The van der Waals surface area contributed by atoms with Gasteiger partial charge in [0.2, 0.25) is 11.8 Å². The van der Waals surface area contributed by atoms with Gasteiger partial charge in [-0.15, -0.1) is 0 Å². The fraction of sp³-hybridized carbons (Fsp3) is 0.364. The summed E-state index contributed by atoms with van der Waals surface area (Å²) in [5, 5.41) is 2.97. The van der Waals surface area contributed by atoms with Crippen LogP contribution in [0, 0.1) is 26.7 Å². The molecule has 0 aromatic heterocycles. The van der Waals surface area contributed by atoms with E-state index in [0.29, 0.717) is 6.54 Å². The van der Waals surface area contributed by atoms with Crippen LogP contribution < -0.4 is 10.2 Å². The van der Waals surface area contributed by atoms with Gasteiger partial charge < -0.3 is 10.2 Å². The second kappa shape index (κ2) is 7.32. The van der Waals surface area contributed by atoms with Crippen LogP contribution in [0.2, 0.25) is 0 Å². The van der Waals surface area contributed by atoms with E-state index in [4.69, 9.17) is 0 Å². The van der Waals surface area contributed by atoms with Crippen molar-refractivity contribution in [2.45, 2.75) is 40.5 Å². The Kier molecular flexibility index (Phi) is 5.12. The normalized spacial score (nSPS) is 16.8. The molecule has 1 heterocycles. The van der Waals surface area contributed by atoms with Crippen molar-refractivity contribution >= 4 is 23.2 Å². The number of anilines is 2. The minimum Gasteiger partial charge on any atom is -0.326 e. The third-order valence-corrected chi connectivity index (χ3v) is 5.24. The summed E-state index contributed by atoms with van der Waals surface area (Å²) in [6, 6.07) is 12.0. The van der Waals surface area contributed by atoms with Crippen LogP contribution in [-0.2, 0) is 16.0 Å². The van der Waals surface area contributed by atoms with Gasteiger partial charge in [0.25, 0.3) is 0 Å². The average molecular weight is 350 g/mol. The number of nitrogens with one attached hydrogen (secondary N) is 1. The molecule has 1 aliphatic rings. The second-order valence-electron chi connectivity index (χ2n) is 7.13. The summed E-state index contributed by atoms with van der Waals surface area (Å²) < 4.78 is 0. The number of amides is 2. The average Bonchev–Trinajstić information content (AvgIpc) is 2.99. The van der Waals surface area contributed by atoms with E-state index in [9.17, 15) is 9.59 Å². The van der Waals surface area contributed by atoms with Gasteiger partial charge in [0.05, 0.1) is 5.92 Å². The Morgan fingerprint density at radius 1 is 1.12 bits per heavy atom. The predicted molar refractivity (Wildman–Crippen MR) is 106 cm³/mol. The smallest absolute Gasteiger partial charge is 0.229 e. The molecule has 1 fully saturated rings. The van der Waals surface area contributed by atoms with Gasteiger partial charge in [-0.1, -0.05) is 31.2 Å². The van der Waals surface area contributed by atoms with Crippen molar-refractivity contribution in [2.75, 3.05) is 16.8 Å². The molecule has 0 spiro atoms. The molecule has 1 aliphatic heterocycles. The summed E-state index contributed by atoms with van der Waals surface area (Å²) >= 11 is 0. The number of aryl methyl sites for hydroxylation is 4. The molecule has 2 aromatic rings. The van der Waals surface area contributed by atoms with E-state index in [1.807, 2.05) is 51.1 Å². The zero-order valence-electron chi connectivity index (χ0n) is 15.9. The summed E-state index contributed by atoms with van der Waals surface area (Å²) in [6.45, 7) is 8.61. The lowest BCUT2D eigenvalue weighted by Crippen LogP contribution is -2.29. The molecule has 0 radical (unpaired) electrons. The number of hydrogen-bond acceptors (Lipinski definition) is 2. The zero-order valence-corrected chi connectivity index (χ0v) is 15.9. The molecule has 1 unspecified atom stereocenters. The standard InChI is InChI=1S/C22H26N2O2/c1-5-17-8-6-7-15(3)21(17)24-13-18(12-20(24)25)22(26)23-19-10-9-14(2)16(4)11-19/h6-11,18H,5,12-13H2,1-4H3,(H,23,26). The third kappa shape index (κ3) is 3.50. The predicted octanol–water partition coefficient (Wildman–Crippen LogP) is 4.17. The highest BCUT2D eigenvalue weighted by Gasteiger charge is 2.36. The van der Waals surface area contributed by atoms with E-state index >= 15 is 0 Å². The molecule has 0 saturated carbocycles. The molecule has 0 aliphatic carbocycles. The van der Waals surface area contributed by atoms with Gasteiger partial charge in [0, 0.05) is 24.3 Å². The van der Waals surface area contributed by atoms with Gasteiger partial charge >= 0.3 is 0 Å². The van der Waals surface area contributed by atoms with Gasteiger partial charge in [-0.3, -0.25) is 9.59 Å². The summed E-state index contributed by atoms with van der Waals surface area (Å²) in [5.41, 5.74) is 6.31. The second-order valence-corrected chi connectivity index (χ2v) is 7.13. The summed E-state index contributed by atoms with van der Waals surface area (Å²) in [6.07, 6.45) is 1.12. The summed E-state index contributed by atoms with van der Waals surface area (Å²) in [4.78, 5) is 27.1. The first-order valence-corrected chi connectivity index (χ1v) is 9.17. The van der Waals surface area contributed by atoms with Gasteiger partial charge in [-0.2, -0.15) is 0 Å². The van der Waals surface area contributed by atoms with Crippen LogP contribution in [0.3, 0.4) is 0 Å². The molecule has 4 nitrogen and oxygen atoms in total. The van der Waals surface area contributed by atoms with Crippen LogP contribution in [0.5, 0.6) is 0 Å². The van der Waals surface area contributed by atoms with Crippen molar-refractivity contribution in [3.63, 3.8) is 0 Å².